The first-order valence-corrected chi connectivity index (χ1v) is 15.8. The smallest absolute Gasteiger partial charge is 0.302 e. The van der Waals surface area contributed by atoms with E-state index in [1.807, 2.05) is 67.3 Å². The van der Waals surface area contributed by atoms with Crippen LogP contribution < -0.4 is 4.90 Å². The van der Waals surface area contributed by atoms with E-state index in [1.165, 1.54) is 19.4 Å². The molecule has 0 fully saturated rings. The van der Waals surface area contributed by atoms with Gasteiger partial charge < -0.3 is 19.1 Å². The summed E-state index contributed by atoms with van der Waals surface area (Å²) in [5.74, 6) is -0.664. The zero-order valence-electron chi connectivity index (χ0n) is 26.9. The van der Waals surface area contributed by atoms with Crippen molar-refractivity contribution in [3.8, 4) is 18.2 Å². The quantitative estimate of drug-likeness (QED) is 0.156. The van der Waals surface area contributed by atoms with Gasteiger partial charge in [0.25, 0.3) is 0 Å². The third-order valence-electron chi connectivity index (χ3n) is 7.16. The SMILES string of the molecule is CCCCc1cc(/C=C/C2=C(C#N)C(=C(C#N)C#N)OC2(C)C)sc1/C=C/c1ccc(N(CCOC(C)=O)CCOC(C)=O)cc1. The molecule has 2 aromatic rings. The lowest BCUT2D eigenvalue weighted by atomic mass is 9.94. The van der Waals surface area contributed by atoms with Gasteiger partial charge in [-0.15, -0.1) is 11.3 Å². The minimum Gasteiger partial charge on any atom is -0.480 e. The van der Waals surface area contributed by atoms with Crippen molar-refractivity contribution >= 4 is 47.2 Å². The van der Waals surface area contributed by atoms with Crippen LogP contribution in [0.5, 0.6) is 0 Å². The van der Waals surface area contributed by atoms with Gasteiger partial charge in [0.1, 0.15) is 42.6 Å². The molecule has 1 aromatic carbocycles. The highest BCUT2D eigenvalue weighted by molar-refractivity contribution is 7.14. The number of carbonyl (C=O) groups excluding carboxylic acids is 2. The molecule has 1 aromatic heterocycles. The Bertz CT molecular complexity index is 1640. The monoisotopic (exact) mass is 638 g/mol. The molecule has 238 valence electrons. The minimum absolute atomic E-state index is 0.0264. The summed E-state index contributed by atoms with van der Waals surface area (Å²) in [4.78, 5) is 26.6. The molecule has 0 unspecified atom stereocenters. The first-order valence-electron chi connectivity index (χ1n) is 15.0. The van der Waals surface area contributed by atoms with Crippen LogP contribution in [0.4, 0.5) is 5.69 Å². The number of unbranched alkanes of at least 4 members (excludes halogenated alkanes) is 1. The van der Waals surface area contributed by atoms with Crippen LogP contribution in [-0.4, -0.2) is 43.8 Å². The summed E-state index contributed by atoms with van der Waals surface area (Å²) in [6.45, 7) is 9.90. The van der Waals surface area contributed by atoms with Crippen LogP contribution in [0.3, 0.4) is 0 Å². The number of nitriles is 3. The average Bonchev–Trinajstić information content (AvgIpc) is 3.53. The normalized spacial score (nSPS) is 13.7. The number of rotatable bonds is 14. The third-order valence-corrected chi connectivity index (χ3v) is 8.27. The van der Waals surface area contributed by atoms with Gasteiger partial charge in [0, 0.05) is 34.9 Å². The first-order chi connectivity index (χ1) is 22.0. The summed E-state index contributed by atoms with van der Waals surface area (Å²) < 4.78 is 16.1. The molecule has 10 heteroatoms. The van der Waals surface area contributed by atoms with Gasteiger partial charge in [-0.2, -0.15) is 15.8 Å². The number of anilines is 1. The maximum Gasteiger partial charge on any atom is 0.302 e. The predicted octanol–water partition coefficient (Wildman–Crippen LogP) is 7.14. The standard InChI is InChI=1S/C36H38N4O5S/c1-6-7-8-28-21-31(14-15-33-32(24-39)35(29(22-37)23-38)45-36(33,4)5)46-34(28)16-11-27-9-12-30(13-10-27)40(17-19-43-25(2)41)18-20-44-26(3)42/h9-16,21H,6-8,17-20H2,1-5H3/b15-14+,16-11+. The molecule has 0 N–H and O–H groups in total. The number of nitrogens with zero attached hydrogens (tertiary/aromatic N) is 4. The molecule has 1 aliphatic rings. The molecule has 0 radical (unpaired) electrons. The van der Waals surface area contributed by atoms with Gasteiger partial charge in [0.15, 0.2) is 11.3 Å². The van der Waals surface area contributed by atoms with Crippen molar-refractivity contribution in [1.29, 1.82) is 15.8 Å². The van der Waals surface area contributed by atoms with E-state index in [-0.39, 0.29) is 42.1 Å². The molecule has 9 nitrogen and oxygen atoms in total. The fraction of sp³-hybridized carbons (Fsp3) is 0.361. The fourth-order valence-corrected chi connectivity index (χ4v) is 5.85. The van der Waals surface area contributed by atoms with Crippen molar-refractivity contribution in [2.45, 2.75) is 59.5 Å². The van der Waals surface area contributed by atoms with E-state index < -0.39 is 5.60 Å². The molecule has 0 bridgehead atoms. The van der Waals surface area contributed by atoms with E-state index in [0.717, 1.165) is 40.3 Å². The molecular weight excluding hydrogens is 600 g/mol. The van der Waals surface area contributed by atoms with E-state index >= 15 is 0 Å². The Balaban J connectivity index is 1.85. The lowest BCUT2D eigenvalue weighted by Gasteiger charge is -2.24. The number of allylic oxidation sites excluding steroid dienone is 2. The molecule has 0 aliphatic carbocycles. The van der Waals surface area contributed by atoms with Crippen molar-refractivity contribution in [2.75, 3.05) is 31.2 Å². The molecule has 2 heterocycles. The molecule has 0 atom stereocenters. The summed E-state index contributed by atoms with van der Waals surface area (Å²) in [5, 5.41) is 28.5. The van der Waals surface area contributed by atoms with Crippen LogP contribution in [0.1, 0.15) is 68.3 Å². The highest BCUT2D eigenvalue weighted by Crippen LogP contribution is 2.40. The second-order valence-electron chi connectivity index (χ2n) is 11.0. The summed E-state index contributed by atoms with van der Waals surface area (Å²) >= 11 is 1.64. The fourth-order valence-electron chi connectivity index (χ4n) is 4.84. The van der Waals surface area contributed by atoms with Crippen LogP contribution in [0, 0.1) is 34.0 Å². The topological polar surface area (TPSA) is 136 Å². The van der Waals surface area contributed by atoms with E-state index in [9.17, 15) is 25.4 Å². The number of thiophene rings is 1. The van der Waals surface area contributed by atoms with Crippen LogP contribution in [0.25, 0.3) is 18.2 Å². The largest absolute Gasteiger partial charge is 0.480 e. The highest BCUT2D eigenvalue weighted by Gasteiger charge is 2.38. The molecule has 46 heavy (non-hydrogen) atoms. The van der Waals surface area contributed by atoms with Crippen LogP contribution >= 0.6 is 11.3 Å². The van der Waals surface area contributed by atoms with Crippen molar-refractivity contribution in [3.05, 3.63) is 79.8 Å². The van der Waals surface area contributed by atoms with Crippen molar-refractivity contribution in [3.63, 3.8) is 0 Å². The van der Waals surface area contributed by atoms with Crippen molar-refractivity contribution in [2.24, 2.45) is 0 Å². The van der Waals surface area contributed by atoms with Gasteiger partial charge in [0.2, 0.25) is 0 Å². The van der Waals surface area contributed by atoms with E-state index in [1.54, 1.807) is 11.3 Å². The summed E-state index contributed by atoms with van der Waals surface area (Å²) in [6.07, 6.45) is 11.0. The molecule has 0 saturated heterocycles. The third kappa shape index (κ3) is 9.69. The maximum atomic E-state index is 11.2. The number of hydrogen-bond acceptors (Lipinski definition) is 10. The first kappa shape index (κ1) is 35.4. The molecule has 3 rings (SSSR count). The number of ether oxygens (including phenoxy) is 3. The van der Waals surface area contributed by atoms with Crippen LogP contribution in [0.15, 0.2) is 58.9 Å². The summed E-state index contributed by atoms with van der Waals surface area (Å²) in [7, 11) is 0. The Morgan fingerprint density at radius 2 is 1.59 bits per heavy atom. The average molecular weight is 639 g/mol. The zero-order valence-corrected chi connectivity index (χ0v) is 27.7. The molecule has 1 aliphatic heterocycles. The lowest BCUT2D eigenvalue weighted by molar-refractivity contribution is -0.141. The second kappa shape index (κ2) is 16.8. The number of hydrogen-bond donors (Lipinski definition) is 0. The number of benzene rings is 1. The Hall–Kier alpha value is -5.11. The van der Waals surface area contributed by atoms with E-state index in [0.29, 0.717) is 18.7 Å². The van der Waals surface area contributed by atoms with Gasteiger partial charge in [-0.25, -0.2) is 0 Å². The van der Waals surface area contributed by atoms with Gasteiger partial charge in [0.05, 0.1) is 13.1 Å². The Morgan fingerprint density at radius 1 is 0.957 bits per heavy atom. The van der Waals surface area contributed by atoms with Gasteiger partial charge in [-0.1, -0.05) is 37.6 Å². The van der Waals surface area contributed by atoms with E-state index in [2.05, 4.69) is 31.2 Å². The highest BCUT2D eigenvalue weighted by atomic mass is 32.1. The lowest BCUT2D eigenvalue weighted by Crippen LogP contribution is -2.31. The van der Waals surface area contributed by atoms with Gasteiger partial charge in [-0.05, 0) is 68.2 Å². The van der Waals surface area contributed by atoms with Crippen LogP contribution in [0.2, 0.25) is 0 Å². The summed E-state index contributed by atoms with van der Waals surface area (Å²) in [5.41, 5.74) is 2.88. The molecule has 0 saturated carbocycles. The maximum absolute atomic E-state index is 11.2. The van der Waals surface area contributed by atoms with E-state index in [4.69, 9.17) is 14.2 Å². The Labute approximate surface area is 274 Å². The Morgan fingerprint density at radius 3 is 2.13 bits per heavy atom. The minimum atomic E-state index is -0.872. The second-order valence-corrected chi connectivity index (χ2v) is 12.1. The van der Waals surface area contributed by atoms with Gasteiger partial charge in [-0.3, -0.25) is 9.59 Å². The van der Waals surface area contributed by atoms with Crippen LogP contribution in [-0.2, 0) is 30.2 Å². The van der Waals surface area contributed by atoms with Crippen molar-refractivity contribution < 1.29 is 23.8 Å². The Kier molecular flexibility index (Phi) is 12.9. The predicted molar refractivity (Wildman–Crippen MR) is 179 cm³/mol. The number of esters is 2. The molecular formula is C36H38N4O5S. The zero-order chi connectivity index (χ0) is 33.7. The molecule has 0 amide bonds. The summed E-state index contributed by atoms with van der Waals surface area (Å²) in [6, 6.07) is 15.9. The number of aryl methyl sites for hydroxylation is 1. The number of carbonyl (C=O) groups is 2. The van der Waals surface area contributed by atoms with Crippen molar-refractivity contribution in [1.82, 2.24) is 0 Å². The van der Waals surface area contributed by atoms with Gasteiger partial charge >= 0.3 is 11.9 Å². The molecule has 0 spiro atoms.